The van der Waals surface area contributed by atoms with Gasteiger partial charge in [-0.25, -0.2) is 0 Å². The SMILES string of the molecule is COc1cc(CNC2CC(C)(C)NC(C)(C)C2)ccc1OCc1c(C)noc1C. The number of ether oxygens (including phenoxy) is 2. The van der Waals surface area contributed by atoms with E-state index in [9.17, 15) is 0 Å². The minimum atomic E-state index is 0.132. The summed E-state index contributed by atoms with van der Waals surface area (Å²) in [6, 6.07) is 6.59. The number of nitrogens with zero attached hydrogens (tertiary/aromatic N) is 1. The normalized spacial score (nSPS) is 18.6. The summed E-state index contributed by atoms with van der Waals surface area (Å²) in [5.74, 6) is 2.25. The Hall–Kier alpha value is -2.05. The fourth-order valence-corrected chi connectivity index (χ4v) is 4.53. The maximum Gasteiger partial charge on any atom is 0.161 e. The lowest BCUT2D eigenvalue weighted by Crippen LogP contribution is -2.61. The summed E-state index contributed by atoms with van der Waals surface area (Å²) in [6.45, 7) is 14.1. The van der Waals surface area contributed by atoms with E-state index in [0.717, 1.165) is 47.9 Å². The molecule has 29 heavy (non-hydrogen) atoms. The van der Waals surface area contributed by atoms with Crippen molar-refractivity contribution >= 4 is 0 Å². The Balaban J connectivity index is 1.63. The molecular formula is C23H35N3O3. The zero-order chi connectivity index (χ0) is 21.2. The first-order chi connectivity index (χ1) is 13.6. The van der Waals surface area contributed by atoms with Crippen LogP contribution in [0.1, 0.15) is 63.1 Å². The van der Waals surface area contributed by atoms with Gasteiger partial charge in [-0.15, -0.1) is 0 Å². The van der Waals surface area contributed by atoms with Gasteiger partial charge in [0.05, 0.1) is 18.4 Å². The number of rotatable bonds is 7. The summed E-state index contributed by atoms with van der Waals surface area (Å²) in [5, 5.41) is 11.4. The maximum absolute atomic E-state index is 5.98. The van der Waals surface area contributed by atoms with Gasteiger partial charge in [0.2, 0.25) is 0 Å². The molecule has 2 aromatic rings. The Kier molecular flexibility index (Phi) is 6.24. The first-order valence-corrected chi connectivity index (χ1v) is 10.3. The number of piperidine rings is 1. The summed E-state index contributed by atoms with van der Waals surface area (Å²) in [4.78, 5) is 0. The van der Waals surface area contributed by atoms with Crippen LogP contribution in [0.2, 0.25) is 0 Å². The molecular weight excluding hydrogens is 366 g/mol. The van der Waals surface area contributed by atoms with Crippen LogP contribution >= 0.6 is 0 Å². The summed E-state index contributed by atoms with van der Waals surface area (Å²) < 4.78 is 16.8. The van der Waals surface area contributed by atoms with E-state index in [0.29, 0.717) is 12.6 Å². The van der Waals surface area contributed by atoms with E-state index in [-0.39, 0.29) is 11.1 Å². The minimum Gasteiger partial charge on any atom is -0.493 e. The van der Waals surface area contributed by atoms with Gasteiger partial charge < -0.3 is 24.6 Å². The average Bonchev–Trinajstić information content (AvgIpc) is 2.94. The number of aromatic nitrogens is 1. The highest BCUT2D eigenvalue weighted by atomic mass is 16.5. The molecule has 0 bridgehead atoms. The van der Waals surface area contributed by atoms with Crippen LogP contribution in [-0.2, 0) is 13.2 Å². The number of benzene rings is 1. The molecule has 0 atom stereocenters. The summed E-state index contributed by atoms with van der Waals surface area (Å²) in [5.41, 5.74) is 3.28. The average molecular weight is 402 g/mol. The lowest BCUT2D eigenvalue weighted by atomic mass is 9.79. The summed E-state index contributed by atoms with van der Waals surface area (Å²) in [7, 11) is 1.67. The molecule has 0 aliphatic carbocycles. The zero-order valence-corrected chi connectivity index (χ0v) is 18.8. The van der Waals surface area contributed by atoms with Crippen molar-refractivity contribution in [3.8, 4) is 11.5 Å². The van der Waals surface area contributed by atoms with Crippen LogP contribution < -0.4 is 20.1 Å². The van der Waals surface area contributed by atoms with Crippen molar-refractivity contribution in [2.24, 2.45) is 0 Å². The molecule has 0 saturated carbocycles. The highest BCUT2D eigenvalue weighted by molar-refractivity contribution is 5.43. The van der Waals surface area contributed by atoms with Crippen molar-refractivity contribution in [1.29, 1.82) is 0 Å². The molecule has 1 aromatic carbocycles. The smallest absolute Gasteiger partial charge is 0.161 e. The monoisotopic (exact) mass is 401 g/mol. The number of hydrogen-bond acceptors (Lipinski definition) is 6. The fourth-order valence-electron chi connectivity index (χ4n) is 4.53. The number of nitrogens with one attached hydrogen (secondary N) is 2. The standard InChI is InChI=1S/C23H35N3O3/c1-15-19(16(2)29-25-15)14-28-20-9-8-17(10-21(20)27-7)13-24-18-11-22(3,4)26-23(5,6)12-18/h8-10,18,24,26H,11-14H2,1-7H3. The van der Waals surface area contributed by atoms with Crippen molar-refractivity contribution in [1.82, 2.24) is 15.8 Å². The third-order valence-electron chi connectivity index (χ3n) is 5.57. The number of aryl methyl sites for hydroxylation is 2. The van der Waals surface area contributed by atoms with E-state index in [2.05, 4.69) is 49.6 Å². The van der Waals surface area contributed by atoms with Gasteiger partial charge in [0.15, 0.2) is 11.5 Å². The van der Waals surface area contributed by atoms with Crippen LogP contribution in [0.15, 0.2) is 22.7 Å². The second-order valence-electron chi connectivity index (χ2n) is 9.46. The Morgan fingerprint density at radius 3 is 2.41 bits per heavy atom. The van der Waals surface area contributed by atoms with Gasteiger partial charge in [0, 0.05) is 23.7 Å². The van der Waals surface area contributed by atoms with E-state index in [4.69, 9.17) is 14.0 Å². The van der Waals surface area contributed by atoms with E-state index < -0.39 is 0 Å². The van der Waals surface area contributed by atoms with Crippen LogP contribution in [0.5, 0.6) is 11.5 Å². The molecule has 1 aliphatic heterocycles. The molecule has 0 spiro atoms. The van der Waals surface area contributed by atoms with Crippen molar-refractivity contribution < 1.29 is 14.0 Å². The quantitative estimate of drug-likeness (QED) is 0.722. The van der Waals surface area contributed by atoms with Gasteiger partial charge in [0.1, 0.15) is 12.4 Å². The molecule has 0 amide bonds. The topological polar surface area (TPSA) is 68.5 Å². The Bertz CT molecular complexity index is 806. The molecule has 0 unspecified atom stereocenters. The second kappa shape index (κ2) is 8.36. The van der Waals surface area contributed by atoms with Crippen LogP contribution in [0, 0.1) is 13.8 Å². The van der Waals surface area contributed by atoms with Crippen LogP contribution in [0.3, 0.4) is 0 Å². The predicted molar refractivity (Wildman–Crippen MR) is 114 cm³/mol. The Morgan fingerprint density at radius 1 is 1.14 bits per heavy atom. The molecule has 1 fully saturated rings. The predicted octanol–water partition coefficient (Wildman–Crippen LogP) is 4.28. The molecule has 1 saturated heterocycles. The van der Waals surface area contributed by atoms with Gasteiger partial charge in [-0.2, -0.15) is 0 Å². The summed E-state index contributed by atoms with van der Waals surface area (Å²) in [6.07, 6.45) is 2.21. The van der Waals surface area contributed by atoms with Crippen molar-refractivity contribution in [2.75, 3.05) is 7.11 Å². The molecule has 2 heterocycles. The molecule has 0 radical (unpaired) electrons. The third kappa shape index (κ3) is 5.52. The molecule has 1 aromatic heterocycles. The van der Waals surface area contributed by atoms with E-state index in [1.54, 1.807) is 7.11 Å². The van der Waals surface area contributed by atoms with Crippen LogP contribution in [-0.4, -0.2) is 29.4 Å². The highest BCUT2D eigenvalue weighted by Crippen LogP contribution is 2.31. The van der Waals surface area contributed by atoms with Gasteiger partial charge in [-0.05, 0) is 72.1 Å². The van der Waals surface area contributed by atoms with Crippen molar-refractivity contribution in [3.05, 3.63) is 40.8 Å². The second-order valence-corrected chi connectivity index (χ2v) is 9.46. The van der Waals surface area contributed by atoms with E-state index >= 15 is 0 Å². The zero-order valence-electron chi connectivity index (χ0n) is 18.8. The molecule has 160 valence electrons. The first-order valence-electron chi connectivity index (χ1n) is 10.3. The van der Waals surface area contributed by atoms with Crippen LogP contribution in [0.4, 0.5) is 0 Å². The molecule has 6 nitrogen and oxygen atoms in total. The number of methoxy groups -OCH3 is 1. The van der Waals surface area contributed by atoms with Gasteiger partial charge >= 0.3 is 0 Å². The minimum absolute atomic E-state index is 0.132. The fraction of sp³-hybridized carbons (Fsp3) is 0.609. The van der Waals surface area contributed by atoms with Crippen molar-refractivity contribution in [2.45, 2.75) is 84.7 Å². The van der Waals surface area contributed by atoms with Crippen LogP contribution in [0.25, 0.3) is 0 Å². The van der Waals surface area contributed by atoms with Gasteiger partial charge in [0.25, 0.3) is 0 Å². The molecule has 3 rings (SSSR count). The lowest BCUT2D eigenvalue weighted by Gasteiger charge is -2.46. The van der Waals surface area contributed by atoms with E-state index in [1.165, 1.54) is 5.56 Å². The Morgan fingerprint density at radius 2 is 1.83 bits per heavy atom. The first kappa shape index (κ1) is 21.7. The number of hydrogen-bond donors (Lipinski definition) is 2. The third-order valence-corrected chi connectivity index (χ3v) is 5.57. The lowest BCUT2D eigenvalue weighted by molar-refractivity contribution is 0.145. The van der Waals surface area contributed by atoms with E-state index in [1.807, 2.05) is 26.0 Å². The molecule has 1 aliphatic rings. The van der Waals surface area contributed by atoms with Crippen molar-refractivity contribution in [3.63, 3.8) is 0 Å². The molecule has 2 N–H and O–H groups in total. The van der Waals surface area contributed by atoms with Gasteiger partial charge in [-0.1, -0.05) is 11.2 Å². The molecule has 6 heteroatoms. The maximum atomic E-state index is 5.98. The summed E-state index contributed by atoms with van der Waals surface area (Å²) >= 11 is 0. The highest BCUT2D eigenvalue weighted by Gasteiger charge is 2.37. The van der Waals surface area contributed by atoms with Gasteiger partial charge in [-0.3, -0.25) is 0 Å². The largest absolute Gasteiger partial charge is 0.493 e. The Labute approximate surface area is 174 Å².